The topological polar surface area (TPSA) is 42.0 Å². The molecule has 1 aliphatic rings. The molecule has 1 aromatic heterocycles. The fraction of sp³-hybridized carbons (Fsp3) is 0.444. The van der Waals surface area contributed by atoms with Crippen molar-refractivity contribution in [3.63, 3.8) is 0 Å². The number of carbonyl (C=O) groups is 1. The Hall–Kier alpha value is -1.39. The lowest BCUT2D eigenvalue weighted by Crippen LogP contribution is -2.38. The fourth-order valence-electron chi connectivity index (χ4n) is 2.96. The smallest absolute Gasteiger partial charge is 0.226 e. The first-order chi connectivity index (χ1) is 11.1. The van der Waals surface area contributed by atoms with Crippen LogP contribution in [0.5, 0.6) is 0 Å². The van der Waals surface area contributed by atoms with Gasteiger partial charge in [0.2, 0.25) is 5.91 Å². The van der Waals surface area contributed by atoms with Gasteiger partial charge in [0.05, 0.1) is 12.1 Å². The molecule has 23 heavy (non-hydrogen) atoms. The predicted molar refractivity (Wildman–Crippen MR) is 95.8 cm³/mol. The van der Waals surface area contributed by atoms with Gasteiger partial charge in [-0.3, -0.25) is 4.79 Å². The molecule has 0 spiro atoms. The molecule has 122 valence electrons. The van der Waals surface area contributed by atoms with Crippen LogP contribution < -0.4 is 5.32 Å². The molecule has 0 radical (unpaired) electrons. The maximum atomic E-state index is 12.2. The Morgan fingerprint density at radius 2 is 1.96 bits per heavy atom. The zero-order valence-corrected chi connectivity index (χ0v) is 14.8. The number of thiazole rings is 1. The minimum Gasteiger partial charge on any atom is -0.353 e. The maximum absolute atomic E-state index is 12.2. The van der Waals surface area contributed by atoms with Crippen molar-refractivity contribution in [2.24, 2.45) is 5.92 Å². The number of aromatic nitrogens is 1. The van der Waals surface area contributed by atoms with Gasteiger partial charge in [-0.1, -0.05) is 30.7 Å². The normalized spacial score (nSPS) is 21.1. The van der Waals surface area contributed by atoms with Gasteiger partial charge < -0.3 is 5.32 Å². The van der Waals surface area contributed by atoms with Gasteiger partial charge in [-0.2, -0.15) is 0 Å². The van der Waals surface area contributed by atoms with E-state index in [1.807, 2.05) is 29.6 Å². The molecule has 1 N–H and O–H groups in total. The summed E-state index contributed by atoms with van der Waals surface area (Å²) in [5.41, 5.74) is 1.87. The number of amides is 1. The number of hydrogen-bond acceptors (Lipinski definition) is 3. The van der Waals surface area contributed by atoms with Crippen molar-refractivity contribution in [2.45, 2.75) is 45.1 Å². The van der Waals surface area contributed by atoms with Crippen LogP contribution in [-0.2, 0) is 11.2 Å². The monoisotopic (exact) mass is 348 g/mol. The summed E-state index contributed by atoms with van der Waals surface area (Å²) in [4.78, 5) is 16.8. The summed E-state index contributed by atoms with van der Waals surface area (Å²) in [6, 6.07) is 7.96. The van der Waals surface area contributed by atoms with E-state index in [1.165, 1.54) is 12.8 Å². The molecular formula is C18H21ClN2OS. The van der Waals surface area contributed by atoms with Gasteiger partial charge in [-0.25, -0.2) is 4.98 Å². The zero-order valence-electron chi connectivity index (χ0n) is 13.2. The molecule has 0 unspecified atom stereocenters. The Kier molecular flexibility index (Phi) is 5.34. The van der Waals surface area contributed by atoms with E-state index < -0.39 is 0 Å². The Balaban J connectivity index is 1.56. The third kappa shape index (κ3) is 4.55. The van der Waals surface area contributed by atoms with E-state index in [9.17, 15) is 4.79 Å². The molecule has 1 aromatic carbocycles. The maximum Gasteiger partial charge on any atom is 0.226 e. The molecule has 0 aliphatic heterocycles. The summed E-state index contributed by atoms with van der Waals surface area (Å²) in [6.45, 7) is 2.28. The third-order valence-electron chi connectivity index (χ3n) is 4.37. The van der Waals surface area contributed by atoms with E-state index in [4.69, 9.17) is 11.6 Å². The molecule has 3 nitrogen and oxygen atoms in total. The van der Waals surface area contributed by atoms with Crippen LogP contribution in [-0.4, -0.2) is 16.9 Å². The number of halogens is 1. The van der Waals surface area contributed by atoms with E-state index in [-0.39, 0.29) is 5.91 Å². The van der Waals surface area contributed by atoms with Crippen LogP contribution in [0.25, 0.3) is 10.6 Å². The van der Waals surface area contributed by atoms with Crippen molar-refractivity contribution in [1.29, 1.82) is 0 Å². The molecule has 3 rings (SSSR count). The van der Waals surface area contributed by atoms with Crippen LogP contribution in [0.15, 0.2) is 29.6 Å². The van der Waals surface area contributed by atoms with Crippen molar-refractivity contribution in [2.75, 3.05) is 0 Å². The molecule has 1 aliphatic carbocycles. The van der Waals surface area contributed by atoms with Gasteiger partial charge in [0.25, 0.3) is 0 Å². The average Bonchev–Trinajstić information content (AvgIpc) is 2.98. The summed E-state index contributed by atoms with van der Waals surface area (Å²) in [6.07, 6.45) is 4.97. The minimum absolute atomic E-state index is 0.0810. The van der Waals surface area contributed by atoms with Gasteiger partial charge in [-0.05, 0) is 43.7 Å². The van der Waals surface area contributed by atoms with Crippen LogP contribution in [0, 0.1) is 5.92 Å². The van der Waals surface area contributed by atoms with E-state index in [0.717, 1.165) is 35.0 Å². The molecule has 5 heteroatoms. The summed E-state index contributed by atoms with van der Waals surface area (Å²) < 4.78 is 0. The highest BCUT2D eigenvalue weighted by Gasteiger charge is 2.20. The second-order valence-electron chi connectivity index (χ2n) is 6.35. The molecule has 2 aromatic rings. The van der Waals surface area contributed by atoms with E-state index in [0.29, 0.717) is 17.5 Å². The molecule has 0 saturated heterocycles. The summed E-state index contributed by atoms with van der Waals surface area (Å²) in [5.74, 6) is 0.876. The van der Waals surface area contributed by atoms with Crippen LogP contribution in [0.2, 0.25) is 5.02 Å². The second kappa shape index (κ2) is 7.45. The minimum atomic E-state index is 0.0810. The number of rotatable bonds is 4. The number of nitrogens with zero attached hydrogens (tertiary/aromatic N) is 1. The van der Waals surface area contributed by atoms with Crippen molar-refractivity contribution in [3.05, 3.63) is 40.4 Å². The van der Waals surface area contributed by atoms with Gasteiger partial charge in [0.1, 0.15) is 5.01 Å². The zero-order chi connectivity index (χ0) is 16.2. The van der Waals surface area contributed by atoms with Crippen LogP contribution in [0.4, 0.5) is 0 Å². The Labute approximate surface area is 146 Å². The Morgan fingerprint density at radius 1 is 1.26 bits per heavy atom. The molecule has 1 heterocycles. The van der Waals surface area contributed by atoms with Gasteiger partial charge in [-0.15, -0.1) is 11.3 Å². The largest absolute Gasteiger partial charge is 0.353 e. The van der Waals surface area contributed by atoms with Crippen LogP contribution in [0.3, 0.4) is 0 Å². The highest BCUT2D eigenvalue weighted by atomic mass is 35.5. The first-order valence-corrected chi connectivity index (χ1v) is 9.35. The second-order valence-corrected chi connectivity index (χ2v) is 7.65. The number of nitrogens with one attached hydrogen (secondary N) is 1. The Bertz CT molecular complexity index is 660. The lowest BCUT2D eigenvalue weighted by Gasteiger charge is -2.26. The molecule has 1 fully saturated rings. The van der Waals surface area contributed by atoms with Crippen LogP contribution >= 0.6 is 22.9 Å². The van der Waals surface area contributed by atoms with E-state index in [2.05, 4.69) is 17.2 Å². The van der Waals surface area contributed by atoms with Crippen LogP contribution in [0.1, 0.15) is 38.3 Å². The molecule has 1 amide bonds. The van der Waals surface area contributed by atoms with Crippen molar-refractivity contribution < 1.29 is 4.79 Å². The quantitative estimate of drug-likeness (QED) is 0.870. The van der Waals surface area contributed by atoms with Gasteiger partial charge >= 0.3 is 0 Å². The van der Waals surface area contributed by atoms with E-state index >= 15 is 0 Å². The number of benzene rings is 1. The van der Waals surface area contributed by atoms with Crippen molar-refractivity contribution in [1.82, 2.24) is 10.3 Å². The predicted octanol–water partition coefficient (Wildman–Crippen LogP) is 4.70. The highest BCUT2D eigenvalue weighted by Crippen LogP contribution is 2.26. The summed E-state index contributed by atoms with van der Waals surface area (Å²) in [7, 11) is 0. The number of carbonyl (C=O) groups excluding carboxylic acids is 1. The summed E-state index contributed by atoms with van der Waals surface area (Å²) >= 11 is 7.47. The van der Waals surface area contributed by atoms with Crippen molar-refractivity contribution >= 4 is 28.8 Å². The lowest BCUT2D eigenvalue weighted by molar-refractivity contribution is -0.121. The average molecular weight is 349 g/mol. The Morgan fingerprint density at radius 3 is 2.65 bits per heavy atom. The molecule has 0 bridgehead atoms. The van der Waals surface area contributed by atoms with E-state index in [1.54, 1.807) is 11.3 Å². The first kappa shape index (κ1) is 16.5. The SMILES string of the molecule is CC1CCC(NC(=O)Cc2csc(-c3ccc(Cl)cc3)n2)CC1. The third-order valence-corrected chi connectivity index (χ3v) is 5.56. The first-order valence-electron chi connectivity index (χ1n) is 8.10. The highest BCUT2D eigenvalue weighted by molar-refractivity contribution is 7.13. The molecule has 0 atom stereocenters. The lowest BCUT2D eigenvalue weighted by atomic mass is 9.87. The number of hydrogen-bond donors (Lipinski definition) is 1. The fourth-order valence-corrected chi connectivity index (χ4v) is 3.91. The molecule has 1 saturated carbocycles. The molecular weight excluding hydrogens is 328 g/mol. The standard InChI is InChI=1S/C18H21ClN2OS/c1-12-2-8-15(9-3-12)20-17(22)10-16-11-23-18(21-16)13-4-6-14(19)7-5-13/h4-7,11-12,15H,2-3,8-10H2,1H3,(H,20,22). The van der Waals surface area contributed by atoms with Gasteiger partial charge in [0, 0.05) is 22.0 Å². The summed E-state index contributed by atoms with van der Waals surface area (Å²) in [5, 5.41) is 6.76. The van der Waals surface area contributed by atoms with Gasteiger partial charge in [0.15, 0.2) is 0 Å². The van der Waals surface area contributed by atoms with Crippen molar-refractivity contribution in [3.8, 4) is 10.6 Å².